The van der Waals surface area contributed by atoms with E-state index in [2.05, 4.69) is 27.3 Å². The lowest BCUT2D eigenvalue weighted by molar-refractivity contribution is -0.124. The standard InChI is InChI=1S/C19H13BrN2O4/c20-15-7-10(9-21)1-6-16(15)25-12-3-5-13-11(8-12)2-4-14(13)17-18(23)22-19(24)26-17/h1,3,5-8,14,17H,2,4H2,(H,22,23,24)/t14-,17?/m1/s1. The second kappa shape index (κ2) is 6.46. The van der Waals surface area contributed by atoms with E-state index in [1.807, 2.05) is 18.2 Å². The van der Waals surface area contributed by atoms with Gasteiger partial charge in [-0.2, -0.15) is 5.26 Å². The molecule has 0 radical (unpaired) electrons. The third kappa shape index (κ3) is 2.93. The van der Waals surface area contributed by atoms with Crippen LogP contribution < -0.4 is 10.1 Å². The summed E-state index contributed by atoms with van der Waals surface area (Å²) in [6.45, 7) is 0. The van der Waals surface area contributed by atoms with E-state index in [4.69, 9.17) is 14.7 Å². The monoisotopic (exact) mass is 412 g/mol. The van der Waals surface area contributed by atoms with E-state index in [9.17, 15) is 9.59 Å². The first-order chi connectivity index (χ1) is 12.5. The molecule has 0 spiro atoms. The van der Waals surface area contributed by atoms with Gasteiger partial charge in [0.1, 0.15) is 11.5 Å². The number of ether oxygens (including phenoxy) is 2. The largest absolute Gasteiger partial charge is 0.456 e. The summed E-state index contributed by atoms with van der Waals surface area (Å²) in [5, 5.41) is 11.1. The minimum atomic E-state index is -0.761. The number of carbonyl (C=O) groups is 2. The van der Waals surface area contributed by atoms with Crippen molar-refractivity contribution in [1.82, 2.24) is 5.32 Å². The van der Waals surface area contributed by atoms with E-state index in [0.717, 1.165) is 24.0 Å². The summed E-state index contributed by atoms with van der Waals surface area (Å²) in [7, 11) is 0. The predicted molar refractivity (Wildman–Crippen MR) is 94.8 cm³/mol. The Balaban J connectivity index is 1.56. The Morgan fingerprint density at radius 2 is 2.08 bits per heavy atom. The summed E-state index contributed by atoms with van der Waals surface area (Å²) < 4.78 is 11.7. The average Bonchev–Trinajstić information content (AvgIpc) is 3.18. The summed E-state index contributed by atoms with van der Waals surface area (Å²) in [6.07, 6.45) is 0.0832. The predicted octanol–water partition coefficient (Wildman–Crippen LogP) is 3.78. The van der Waals surface area contributed by atoms with Crippen LogP contribution in [0.15, 0.2) is 40.9 Å². The highest BCUT2D eigenvalue weighted by atomic mass is 79.9. The molecule has 1 unspecified atom stereocenters. The van der Waals surface area contributed by atoms with Gasteiger partial charge in [0.05, 0.1) is 16.1 Å². The summed E-state index contributed by atoms with van der Waals surface area (Å²) >= 11 is 3.41. The normalized spacial score (nSPS) is 20.9. The molecule has 2 atom stereocenters. The molecular weight excluding hydrogens is 400 g/mol. The maximum Gasteiger partial charge on any atom is 0.414 e. The molecule has 0 saturated carbocycles. The van der Waals surface area contributed by atoms with Crippen LogP contribution >= 0.6 is 15.9 Å². The summed E-state index contributed by atoms with van der Waals surface area (Å²) in [6, 6.07) is 12.9. The number of hydrogen-bond donors (Lipinski definition) is 1. The molecule has 2 aromatic carbocycles. The molecule has 6 nitrogen and oxygen atoms in total. The Bertz CT molecular complexity index is 966. The number of imide groups is 1. The quantitative estimate of drug-likeness (QED) is 0.828. The van der Waals surface area contributed by atoms with E-state index in [0.29, 0.717) is 21.5 Å². The molecule has 0 aromatic heterocycles. The van der Waals surface area contributed by atoms with Crippen molar-refractivity contribution in [3.8, 4) is 17.6 Å². The molecule has 2 aromatic rings. The maximum atomic E-state index is 11.9. The minimum Gasteiger partial charge on any atom is -0.456 e. The van der Waals surface area contributed by atoms with E-state index in [1.165, 1.54) is 0 Å². The summed E-state index contributed by atoms with van der Waals surface area (Å²) in [4.78, 5) is 23.1. The zero-order chi connectivity index (χ0) is 18.3. The van der Waals surface area contributed by atoms with Crippen LogP contribution in [0.3, 0.4) is 0 Å². The molecule has 26 heavy (non-hydrogen) atoms. The number of nitriles is 1. The number of amides is 2. The van der Waals surface area contributed by atoms with Crippen molar-refractivity contribution >= 4 is 27.9 Å². The molecule has 0 bridgehead atoms. The van der Waals surface area contributed by atoms with E-state index in [-0.39, 0.29) is 11.8 Å². The van der Waals surface area contributed by atoms with Crippen molar-refractivity contribution in [3.63, 3.8) is 0 Å². The van der Waals surface area contributed by atoms with Crippen molar-refractivity contribution in [2.75, 3.05) is 0 Å². The number of nitrogens with one attached hydrogen (secondary N) is 1. The molecule has 4 rings (SSSR count). The van der Waals surface area contributed by atoms with Gasteiger partial charge in [-0.3, -0.25) is 10.1 Å². The van der Waals surface area contributed by atoms with Gasteiger partial charge in [0, 0.05) is 5.92 Å². The highest BCUT2D eigenvalue weighted by Crippen LogP contribution is 2.40. The van der Waals surface area contributed by atoms with Crippen LogP contribution in [0, 0.1) is 11.3 Å². The van der Waals surface area contributed by atoms with E-state index < -0.39 is 12.2 Å². The maximum absolute atomic E-state index is 11.9. The van der Waals surface area contributed by atoms with Crippen LogP contribution in [-0.4, -0.2) is 18.1 Å². The molecule has 2 aliphatic rings. The van der Waals surface area contributed by atoms with Crippen LogP contribution in [0.4, 0.5) is 4.79 Å². The molecule has 7 heteroatoms. The van der Waals surface area contributed by atoms with Gasteiger partial charge in [0.2, 0.25) is 0 Å². The molecule has 1 aliphatic carbocycles. The van der Waals surface area contributed by atoms with Crippen LogP contribution in [0.25, 0.3) is 0 Å². The number of aryl methyl sites for hydroxylation is 1. The van der Waals surface area contributed by atoms with Gasteiger partial charge in [-0.15, -0.1) is 0 Å². The van der Waals surface area contributed by atoms with Gasteiger partial charge >= 0.3 is 6.09 Å². The van der Waals surface area contributed by atoms with Crippen molar-refractivity contribution in [2.24, 2.45) is 0 Å². The summed E-state index contributed by atoms with van der Waals surface area (Å²) in [5.41, 5.74) is 2.63. The Kier molecular flexibility index (Phi) is 4.13. The molecule has 130 valence electrons. The fraction of sp³-hybridized carbons (Fsp3) is 0.211. The molecule has 1 heterocycles. The Hall–Kier alpha value is -2.85. The highest BCUT2D eigenvalue weighted by molar-refractivity contribution is 9.10. The van der Waals surface area contributed by atoms with Gasteiger partial charge in [-0.05, 0) is 70.2 Å². The second-order valence-electron chi connectivity index (χ2n) is 6.18. The lowest BCUT2D eigenvalue weighted by Gasteiger charge is -2.16. The first-order valence-electron chi connectivity index (χ1n) is 8.07. The molecule has 1 saturated heterocycles. The fourth-order valence-electron chi connectivity index (χ4n) is 3.42. The third-order valence-electron chi connectivity index (χ3n) is 4.61. The number of nitrogens with zero attached hydrogens (tertiary/aromatic N) is 1. The zero-order valence-corrected chi connectivity index (χ0v) is 15.1. The molecule has 1 N–H and O–H groups in total. The number of hydrogen-bond acceptors (Lipinski definition) is 5. The number of halogens is 1. The average molecular weight is 413 g/mol. The first-order valence-corrected chi connectivity index (χ1v) is 8.86. The third-order valence-corrected chi connectivity index (χ3v) is 5.23. The molecule has 1 fully saturated rings. The van der Waals surface area contributed by atoms with Crippen LogP contribution in [0.1, 0.15) is 29.0 Å². The molecule has 2 amide bonds. The molecule has 1 aliphatic heterocycles. The SMILES string of the molecule is N#Cc1ccc(Oc2ccc3c(c2)CC[C@H]3C2OC(=O)NC2=O)c(Br)c1. The lowest BCUT2D eigenvalue weighted by Crippen LogP contribution is -2.28. The van der Waals surface area contributed by atoms with E-state index >= 15 is 0 Å². The summed E-state index contributed by atoms with van der Waals surface area (Å²) in [5.74, 6) is 0.770. The molecular formula is C19H13BrN2O4. The number of fused-ring (bicyclic) bond motifs is 1. The Morgan fingerprint density at radius 1 is 1.23 bits per heavy atom. The lowest BCUT2D eigenvalue weighted by atomic mass is 9.95. The first kappa shape index (κ1) is 16.6. The van der Waals surface area contributed by atoms with E-state index in [1.54, 1.807) is 18.2 Å². The number of carbonyl (C=O) groups excluding carboxylic acids is 2. The van der Waals surface area contributed by atoms with Gasteiger partial charge in [0.15, 0.2) is 6.10 Å². The highest BCUT2D eigenvalue weighted by Gasteiger charge is 2.42. The number of alkyl carbamates (subject to hydrolysis) is 1. The van der Waals surface area contributed by atoms with Gasteiger partial charge < -0.3 is 9.47 Å². The topological polar surface area (TPSA) is 88.4 Å². The van der Waals surface area contributed by atoms with Crippen LogP contribution in [-0.2, 0) is 16.0 Å². The van der Waals surface area contributed by atoms with Gasteiger partial charge in [0.25, 0.3) is 5.91 Å². The fourth-order valence-corrected chi connectivity index (χ4v) is 3.88. The number of benzene rings is 2. The zero-order valence-electron chi connectivity index (χ0n) is 13.5. The van der Waals surface area contributed by atoms with Crippen LogP contribution in [0.2, 0.25) is 0 Å². The van der Waals surface area contributed by atoms with Crippen LogP contribution in [0.5, 0.6) is 11.5 Å². The minimum absolute atomic E-state index is 0.132. The Labute approximate surface area is 157 Å². The second-order valence-corrected chi connectivity index (χ2v) is 7.03. The number of rotatable bonds is 3. The van der Waals surface area contributed by atoms with Crippen molar-refractivity contribution in [1.29, 1.82) is 5.26 Å². The Morgan fingerprint density at radius 3 is 2.77 bits per heavy atom. The van der Waals surface area contributed by atoms with Crippen molar-refractivity contribution in [3.05, 3.63) is 57.6 Å². The number of cyclic esters (lactones) is 1. The van der Waals surface area contributed by atoms with Gasteiger partial charge in [-0.25, -0.2) is 4.79 Å². The van der Waals surface area contributed by atoms with Crippen molar-refractivity contribution < 1.29 is 19.1 Å². The van der Waals surface area contributed by atoms with Gasteiger partial charge in [-0.1, -0.05) is 6.07 Å². The smallest absolute Gasteiger partial charge is 0.414 e. The van der Waals surface area contributed by atoms with Crippen molar-refractivity contribution in [2.45, 2.75) is 24.9 Å².